The summed E-state index contributed by atoms with van der Waals surface area (Å²) in [5.41, 5.74) is 0.901. The molecule has 2 aromatic rings. The van der Waals surface area contributed by atoms with E-state index >= 15 is 0 Å². The summed E-state index contributed by atoms with van der Waals surface area (Å²) in [5, 5.41) is 0. The molecule has 0 saturated carbocycles. The topological polar surface area (TPSA) is 40.6 Å². The zero-order chi connectivity index (χ0) is 17.2. The van der Waals surface area contributed by atoms with E-state index in [1.165, 1.54) is 16.4 Å². The molecule has 0 spiro atoms. The smallest absolute Gasteiger partial charge is 0.243 e. The largest absolute Gasteiger partial charge is 0.296 e. The van der Waals surface area contributed by atoms with Crippen molar-refractivity contribution in [3.05, 3.63) is 64.4 Å². The second-order valence-electron chi connectivity index (χ2n) is 5.77. The molecule has 0 aliphatic carbocycles. The number of hydrogen-bond donors (Lipinski definition) is 0. The van der Waals surface area contributed by atoms with Crippen molar-refractivity contribution in [2.24, 2.45) is 0 Å². The number of rotatable bonds is 4. The highest BCUT2D eigenvalue weighted by Crippen LogP contribution is 2.21. The molecular weight excluding hydrogens is 395 g/mol. The Morgan fingerprint density at radius 3 is 2.38 bits per heavy atom. The molecule has 3 rings (SSSR count). The maximum atomic E-state index is 13.3. The SMILES string of the molecule is O=S(=O)(c1cccc(Br)c1)N1CCN(Cc2cccc(F)c2)CC1. The van der Waals surface area contributed by atoms with Gasteiger partial charge in [-0.15, -0.1) is 0 Å². The first-order valence-corrected chi connectivity index (χ1v) is 9.91. The van der Waals surface area contributed by atoms with Crippen molar-refractivity contribution in [2.45, 2.75) is 11.4 Å². The zero-order valence-corrected chi connectivity index (χ0v) is 15.4. The Morgan fingerprint density at radius 1 is 1.00 bits per heavy atom. The van der Waals surface area contributed by atoms with Crippen LogP contribution in [-0.4, -0.2) is 43.8 Å². The van der Waals surface area contributed by atoms with Crippen molar-refractivity contribution in [2.75, 3.05) is 26.2 Å². The summed E-state index contributed by atoms with van der Waals surface area (Å²) >= 11 is 3.31. The van der Waals surface area contributed by atoms with Gasteiger partial charge in [-0.3, -0.25) is 4.90 Å². The van der Waals surface area contributed by atoms with Crippen LogP contribution in [0.3, 0.4) is 0 Å². The summed E-state index contributed by atoms with van der Waals surface area (Å²) < 4.78 is 40.9. The Bertz CT molecular complexity index is 821. The van der Waals surface area contributed by atoms with Crippen molar-refractivity contribution in [1.29, 1.82) is 0 Å². The molecule has 1 aliphatic heterocycles. The average molecular weight is 413 g/mol. The van der Waals surface area contributed by atoms with E-state index in [1.807, 2.05) is 6.07 Å². The standard InChI is InChI=1S/C17H18BrFN2O2S/c18-15-4-2-6-17(12-15)24(22,23)21-9-7-20(8-10-21)13-14-3-1-5-16(19)11-14/h1-6,11-12H,7-10,13H2. The summed E-state index contributed by atoms with van der Waals surface area (Å²) in [5.74, 6) is -0.247. The lowest BCUT2D eigenvalue weighted by Gasteiger charge is -2.34. The number of hydrogen-bond acceptors (Lipinski definition) is 3. The Balaban J connectivity index is 1.64. The van der Waals surface area contributed by atoms with E-state index in [2.05, 4.69) is 20.8 Å². The van der Waals surface area contributed by atoms with Crippen LogP contribution in [0.15, 0.2) is 57.9 Å². The summed E-state index contributed by atoms with van der Waals surface area (Å²) in [6, 6.07) is 13.3. The number of nitrogens with zero attached hydrogens (tertiary/aromatic N) is 2. The van der Waals surface area contributed by atoms with Gasteiger partial charge in [0.15, 0.2) is 0 Å². The minimum atomic E-state index is -3.47. The van der Waals surface area contributed by atoms with Crippen LogP contribution in [-0.2, 0) is 16.6 Å². The quantitative estimate of drug-likeness (QED) is 0.774. The van der Waals surface area contributed by atoms with Crippen molar-refractivity contribution in [3.63, 3.8) is 0 Å². The lowest BCUT2D eigenvalue weighted by Crippen LogP contribution is -2.48. The fourth-order valence-corrected chi connectivity index (χ4v) is 4.82. The van der Waals surface area contributed by atoms with Crippen LogP contribution >= 0.6 is 15.9 Å². The van der Waals surface area contributed by atoms with Gasteiger partial charge in [0, 0.05) is 37.2 Å². The predicted molar refractivity (Wildman–Crippen MR) is 94.6 cm³/mol. The monoisotopic (exact) mass is 412 g/mol. The number of piperazine rings is 1. The Hall–Kier alpha value is -1.28. The van der Waals surface area contributed by atoms with Crippen molar-refractivity contribution in [3.8, 4) is 0 Å². The Kier molecular flexibility index (Phi) is 5.34. The Morgan fingerprint density at radius 2 is 1.71 bits per heavy atom. The lowest BCUT2D eigenvalue weighted by molar-refractivity contribution is 0.181. The third kappa shape index (κ3) is 4.03. The van der Waals surface area contributed by atoms with Crippen LogP contribution in [0.4, 0.5) is 4.39 Å². The van der Waals surface area contributed by atoms with Gasteiger partial charge in [0.05, 0.1) is 4.90 Å². The van der Waals surface area contributed by atoms with E-state index in [-0.39, 0.29) is 5.82 Å². The highest BCUT2D eigenvalue weighted by atomic mass is 79.9. The molecule has 0 unspecified atom stereocenters. The lowest BCUT2D eigenvalue weighted by atomic mass is 10.2. The molecule has 0 N–H and O–H groups in total. The fourth-order valence-electron chi connectivity index (χ4n) is 2.80. The number of benzene rings is 2. The predicted octanol–water partition coefficient (Wildman–Crippen LogP) is 3.09. The third-order valence-corrected chi connectivity index (χ3v) is 6.45. The first-order chi connectivity index (χ1) is 11.4. The number of sulfonamides is 1. The van der Waals surface area contributed by atoms with Gasteiger partial charge in [0.25, 0.3) is 0 Å². The fraction of sp³-hybridized carbons (Fsp3) is 0.294. The van der Waals surface area contributed by atoms with E-state index < -0.39 is 10.0 Å². The highest BCUT2D eigenvalue weighted by Gasteiger charge is 2.28. The highest BCUT2D eigenvalue weighted by molar-refractivity contribution is 9.10. The molecule has 0 aromatic heterocycles. The maximum Gasteiger partial charge on any atom is 0.243 e. The summed E-state index contributed by atoms with van der Waals surface area (Å²) in [6.07, 6.45) is 0. The molecular formula is C17H18BrFN2O2S. The van der Waals surface area contributed by atoms with E-state index in [0.717, 1.165) is 10.0 Å². The van der Waals surface area contributed by atoms with Gasteiger partial charge >= 0.3 is 0 Å². The van der Waals surface area contributed by atoms with Crippen molar-refractivity contribution in [1.82, 2.24) is 9.21 Å². The zero-order valence-electron chi connectivity index (χ0n) is 13.0. The minimum Gasteiger partial charge on any atom is -0.296 e. The second kappa shape index (κ2) is 7.31. The summed E-state index contributed by atoms with van der Waals surface area (Å²) in [6.45, 7) is 2.75. The van der Waals surface area contributed by atoms with Gasteiger partial charge in [-0.1, -0.05) is 34.1 Å². The first kappa shape index (κ1) is 17.5. The minimum absolute atomic E-state index is 0.247. The van der Waals surface area contributed by atoms with Crippen LogP contribution in [0, 0.1) is 5.82 Å². The molecule has 1 aliphatic rings. The second-order valence-corrected chi connectivity index (χ2v) is 8.62. The van der Waals surface area contributed by atoms with Gasteiger partial charge < -0.3 is 0 Å². The van der Waals surface area contributed by atoms with Gasteiger partial charge in [-0.05, 0) is 35.9 Å². The molecule has 24 heavy (non-hydrogen) atoms. The molecule has 128 valence electrons. The van der Waals surface area contributed by atoms with Crippen molar-refractivity contribution >= 4 is 26.0 Å². The molecule has 0 radical (unpaired) electrons. The molecule has 0 bridgehead atoms. The van der Waals surface area contributed by atoms with Crippen LogP contribution in [0.1, 0.15) is 5.56 Å². The van der Waals surface area contributed by atoms with Crippen LogP contribution in [0.25, 0.3) is 0 Å². The molecule has 2 aromatic carbocycles. The third-order valence-electron chi connectivity index (χ3n) is 4.06. The number of halogens is 2. The molecule has 4 nitrogen and oxygen atoms in total. The van der Waals surface area contributed by atoms with Gasteiger partial charge in [-0.25, -0.2) is 12.8 Å². The van der Waals surface area contributed by atoms with E-state index in [1.54, 1.807) is 30.3 Å². The summed E-state index contributed by atoms with van der Waals surface area (Å²) in [7, 11) is -3.47. The Labute approximate surface area is 150 Å². The van der Waals surface area contributed by atoms with E-state index in [0.29, 0.717) is 37.6 Å². The molecule has 0 amide bonds. The van der Waals surface area contributed by atoms with Gasteiger partial charge in [0.2, 0.25) is 10.0 Å². The molecule has 1 fully saturated rings. The molecule has 1 saturated heterocycles. The molecule has 0 atom stereocenters. The normalized spacial score (nSPS) is 17.1. The molecule has 1 heterocycles. The van der Waals surface area contributed by atoms with Crippen LogP contribution in [0.5, 0.6) is 0 Å². The average Bonchev–Trinajstić information content (AvgIpc) is 2.55. The van der Waals surface area contributed by atoms with E-state index in [4.69, 9.17) is 0 Å². The molecule has 7 heteroatoms. The first-order valence-electron chi connectivity index (χ1n) is 7.68. The van der Waals surface area contributed by atoms with Crippen LogP contribution in [0.2, 0.25) is 0 Å². The van der Waals surface area contributed by atoms with Crippen LogP contribution < -0.4 is 0 Å². The van der Waals surface area contributed by atoms with Crippen molar-refractivity contribution < 1.29 is 12.8 Å². The van der Waals surface area contributed by atoms with E-state index in [9.17, 15) is 12.8 Å². The maximum absolute atomic E-state index is 13.3. The van der Waals surface area contributed by atoms with Gasteiger partial charge in [0.1, 0.15) is 5.82 Å². The van der Waals surface area contributed by atoms with Gasteiger partial charge in [-0.2, -0.15) is 4.31 Å². The summed E-state index contributed by atoms with van der Waals surface area (Å²) in [4.78, 5) is 2.44.